The Kier molecular flexibility index (Phi) is 3.11. The summed E-state index contributed by atoms with van der Waals surface area (Å²) >= 11 is 0. The fraction of sp³-hybridized carbons (Fsp3) is 0.400. The summed E-state index contributed by atoms with van der Waals surface area (Å²) in [6.07, 6.45) is 2.55. The normalized spacial score (nSPS) is 12.6. The zero-order valence-electron chi connectivity index (χ0n) is 9.98. The fourth-order valence-corrected chi connectivity index (χ4v) is 1.66. The van der Waals surface area contributed by atoms with Gasteiger partial charge < -0.3 is 10.2 Å². The van der Waals surface area contributed by atoms with E-state index in [4.69, 9.17) is 5.11 Å². The first-order valence-corrected chi connectivity index (χ1v) is 5.33. The van der Waals surface area contributed by atoms with Crippen LogP contribution in [0.4, 0.5) is 0 Å². The van der Waals surface area contributed by atoms with Gasteiger partial charge in [0, 0.05) is 18.8 Å². The smallest absolute Gasteiger partial charge is 0.358 e. The Morgan fingerprint density at radius 1 is 1.56 bits per heavy atom. The van der Waals surface area contributed by atoms with Crippen LogP contribution in [0.1, 0.15) is 17.4 Å². The lowest BCUT2D eigenvalue weighted by Gasteiger charge is -2.07. The molecule has 0 aliphatic carbocycles. The Hall–Kier alpha value is -2.22. The van der Waals surface area contributed by atoms with E-state index < -0.39 is 12.1 Å². The third-order valence-corrected chi connectivity index (χ3v) is 2.35. The lowest BCUT2D eigenvalue weighted by atomic mass is 10.2. The number of aryl methyl sites for hydroxylation is 1. The maximum atomic E-state index is 11.1. The van der Waals surface area contributed by atoms with E-state index in [1.165, 1.54) is 10.9 Å². The maximum absolute atomic E-state index is 11.1. The number of rotatable bonds is 4. The van der Waals surface area contributed by atoms with Gasteiger partial charge in [0.15, 0.2) is 5.69 Å². The lowest BCUT2D eigenvalue weighted by Crippen LogP contribution is -2.14. The van der Waals surface area contributed by atoms with E-state index in [1.807, 2.05) is 0 Å². The topological polar surface area (TPSA) is 106 Å². The first-order chi connectivity index (χ1) is 8.49. The van der Waals surface area contributed by atoms with Crippen LogP contribution in [0.25, 0.3) is 11.3 Å². The second-order valence-corrected chi connectivity index (χ2v) is 4.03. The van der Waals surface area contributed by atoms with Crippen molar-refractivity contribution in [3.63, 3.8) is 0 Å². The van der Waals surface area contributed by atoms with E-state index in [9.17, 15) is 9.90 Å². The van der Waals surface area contributed by atoms with Crippen LogP contribution in [0, 0.1) is 0 Å². The van der Waals surface area contributed by atoms with Crippen molar-refractivity contribution in [2.45, 2.75) is 19.6 Å². The van der Waals surface area contributed by atoms with Crippen LogP contribution in [0.2, 0.25) is 0 Å². The van der Waals surface area contributed by atoms with Crippen molar-refractivity contribution in [1.82, 2.24) is 24.8 Å². The van der Waals surface area contributed by atoms with Crippen molar-refractivity contribution in [1.29, 1.82) is 0 Å². The van der Waals surface area contributed by atoms with E-state index in [-0.39, 0.29) is 12.2 Å². The SMILES string of the molecule is CC(O)Cn1nnc(C(=O)O)c1-c1cnn(C)c1. The number of carboxylic acid groups (broad SMARTS) is 1. The van der Waals surface area contributed by atoms with Gasteiger partial charge in [-0.25, -0.2) is 9.48 Å². The minimum absolute atomic E-state index is 0.149. The van der Waals surface area contributed by atoms with Crippen molar-refractivity contribution in [3.05, 3.63) is 18.1 Å². The highest BCUT2D eigenvalue weighted by atomic mass is 16.4. The van der Waals surface area contributed by atoms with Crippen molar-refractivity contribution < 1.29 is 15.0 Å². The summed E-state index contributed by atoms with van der Waals surface area (Å²) in [5.41, 5.74) is 0.792. The molecule has 0 fully saturated rings. The molecule has 2 rings (SSSR count). The quantitative estimate of drug-likeness (QED) is 0.776. The molecule has 0 radical (unpaired) electrons. The van der Waals surface area contributed by atoms with Gasteiger partial charge >= 0.3 is 5.97 Å². The Labute approximate surface area is 102 Å². The summed E-state index contributed by atoms with van der Waals surface area (Å²) in [6.45, 7) is 1.76. The highest BCUT2D eigenvalue weighted by Gasteiger charge is 2.22. The Morgan fingerprint density at radius 3 is 2.78 bits per heavy atom. The molecule has 1 unspecified atom stereocenters. The van der Waals surface area contributed by atoms with Gasteiger partial charge in [-0.2, -0.15) is 5.10 Å². The molecule has 18 heavy (non-hydrogen) atoms. The second-order valence-electron chi connectivity index (χ2n) is 4.03. The summed E-state index contributed by atoms with van der Waals surface area (Å²) in [7, 11) is 1.73. The van der Waals surface area contributed by atoms with E-state index in [0.717, 1.165) is 0 Å². The minimum Gasteiger partial charge on any atom is -0.476 e. The number of nitrogens with zero attached hydrogens (tertiary/aromatic N) is 5. The molecule has 0 saturated carbocycles. The predicted molar refractivity (Wildman–Crippen MR) is 60.9 cm³/mol. The summed E-state index contributed by atoms with van der Waals surface area (Å²) in [6, 6.07) is 0. The average Bonchev–Trinajstić information content (AvgIpc) is 2.83. The van der Waals surface area contributed by atoms with E-state index in [0.29, 0.717) is 11.3 Å². The zero-order valence-corrected chi connectivity index (χ0v) is 9.98. The van der Waals surface area contributed by atoms with Gasteiger partial charge in [0.1, 0.15) is 5.69 Å². The van der Waals surface area contributed by atoms with Crippen LogP contribution in [-0.4, -0.2) is 47.1 Å². The molecule has 96 valence electrons. The fourth-order valence-electron chi connectivity index (χ4n) is 1.66. The Bertz CT molecular complexity index is 572. The van der Waals surface area contributed by atoms with Gasteiger partial charge in [0.2, 0.25) is 0 Å². The molecule has 0 spiro atoms. The number of aromatic carboxylic acids is 1. The van der Waals surface area contributed by atoms with Gasteiger partial charge in [0.05, 0.1) is 18.8 Å². The maximum Gasteiger partial charge on any atom is 0.358 e. The molecule has 2 aromatic heterocycles. The number of aromatic nitrogens is 5. The van der Waals surface area contributed by atoms with Gasteiger partial charge in [-0.1, -0.05) is 5.21 Å². The van der Waals surface area contributed by atoms with Crippen LogP contribution in [0.3, 0.4) is 0 Å². The molecule has 0 aromatic carbocycles. The first-order valence-electron chi connectivity index (χ1n) is 5.33. The monoisotopic (exact) mass is 251 g/mol. The Morgan fingerprint density at radius 2 is 2.28 bits per heavy atom. The molecule has 2 aromatic rings. The molecule has 0 saturated heterocycles. The third-order valence-electron chi connectivity index (χ3n) is 2.35. The lowest BCUT2D eigenvalue weighted by molar-refractivity contribution is 0.0691. The predicted octanol–water partition coefficient (Wildman–Crippen LogP) is -0.242. The van der Waals surface area contributed by atoms with Crippen LogP contribution in [-0.2, 0) is 13.6 Å². The number of hydrogen-bond donors (Lipinski definition) is 2. The highest BCUT2D eigenvalue weighted by Crippen LogP contribution is 2.21. The number of carbonyl (C=O) groups is 1. The molecule has 8 heteroatoms. The summed E-state index contributed by atoms with van der Waals surface area (Å²) in [4.78, 5) is 11.1. The molecule has 2 heterocycles. The largest absolute Gasteiger partial charge is 0.476 e. The molecule has 2 N–H and O–H groups in total. The molecular weight excluding hydrogens is 238 g/mol. The molecule has 1 atom stereocenters. The summed E-state index contributed by atoms with van der Waals surface area (Å²) < 4.78 is 2.92. The molecule has 8 nitrogen and oxygen atoms in total. The number of aliphatic hydroxyl groups excluding tert-OH is 1. The minimum atomic E-state index is -1.16. The average molecular weight is 251 g/mol. The molecule has 0 aliphatic rings. The van der Waals surface area contributed by atoms with Crippen molar-refractivity contribution >= 4 is 5.97 Å². The van der Waals surface area contributed by atoms with Gasteiger partial charge in [-0.15, -0.1) is 5.10 Å². The number of hydrogen-bond acceptors (Lipinski definition) is 5. The Balaban J connectivity index is 2.53. The van der Waals surface area contributed by atoms with Crippen molar-refractivity contribution in [3.8, 4) is 11.3 Å². The second kappa shape index (κ2) is 4.57. The van der Waals surface area contributed by atoms with Crippen LogP contribution in [0.15, 0.2) is 12.4 Å². The standard InChI is InChI=1S/C10H13N5O3/c1-6(16)4-15-9(7-3-11-14(2)5-7)8(10(17)18)12-13-15/h3,5-6,16H,4H2,1-2H3,(H,17,18). The summed E-state index contributed by atoms with van der Waals surface area (Å²) in [5, 5.41) is 29.8. The van der Waals surface area contributed by atoms with Gasteiger partial charge in [-0.3, -0.25) is 4.68 Å². The van der Waals surface area contributed by atoms with Crippen LogP contribution >= 0.6 is 0 Å². The summed E-state index contributed by atoms with van der Waals surface area (Å²) in [5.74, 6) is -1.16. The molecular formula is C10H13N5O3. The van der Waals surface area contributed by atoms with E-state index in [2.05, 4.69) is 15.4 Å². The van der Waals surface area contributed by atoms with Crippen molar-refractivity contribution in [2.75, 3.05) is 0 Å². The molecule has 0 aliphatic heterocycles. The third kappa shape index (κ3) is 2.23. The van der Waals surface area contributed by atoms with E-state index in [1.54, 1.807) is 24.9 Å². The van der Waals surface area contributed by atoms with Gasteiger partial charge in [0.25, 0.3) is 0 Å². The highest BCUT2D eigenvalue weighted by molar-refractivity contribution is 5.92. The van der Waals surface area contributed by atoms with E-state index >= 15 is 0 Å². The molecule has 0 bridgehead atoms. The first kappa shape index (κ1) is 12.2. The number of aliphatic hydroxyl groups is 1. The van der Waals surface area contributed by atoms with Crippen LogP contribution < -0.4 is 0 Å². The van der Waals surface area contributed by atoms with Crippen LogP contribution in [0.5, 0.6) is 0 Å². The number of carboxylic acids is 1. The zero-order chi connectivity index (χ0) is 13.3. The van der Waals surface area contributed by atoms with Gasteiger partial charge in [-0.05, 0) is 6.92 Å². The van der Waals surface area contributed by atoms with Crippen molar-refractivity contribution in [2.24, 2.45) is 7.05 Å². The molecule has 0 amide bonds.